The molecule has 0 unspecified atom stereocenters. The Morgan fingerprint density at radius 1 is 1.19 bits per heavy atom. The van der Waals surface area contributed by atoms with E-state index in [9.17, 15) is 8.78 Å². The molecule has 0 saturated carbocycles. The fourth-order valence-corrected chi connectivity index (χ4v) is 3.21. The van der Waals surface area contributed by atoms with Crippen molar-refractivity contribution in [3.63, 3.8) is 0 Å². The molecule has 0 amide bonds. The molecule has 0 atom stereocenters. The Morgan fingerprint density at radius 3 is 2.52 bits per heavy atom. The van der Waals surface area contributed by atoms with Crippen molar-refractivity contribution in [2.75, 3.05) is 19.5 Å². The van der Waals surface area contributed by atoms with Crippen LogP contribution in [0.1, 0.15) is 0 Å². The highest BCUT2D eigenvalue weighted by Crippen LogP contribution is 2.38. The molecule has 0 bridgehead atoms. The van der Waals surface area contributed by atoms with E-state index >= 15 is 0 Å². The topological polar surface area (TPSA) is 43.4 Å². The number of pyridine rings is 1. The average molecular weight is 424 g/mol. The molecule has 0 fully saturated rings. The second kappa shape index (κ2) is 7.40. The molecule has 1 N–H and O–H groups in total. The van der Waals surface area contributed by atoms with Crippen LogP contribution in [-0.2, 0) is 9.05 Å². The molecule has 0 aliphatic heterocycles. The van der Waals surface area contributed by atoms with Gasteiger partial charge >= 0.3 is 0 Å². The van der Waals surface area contributed by atoms with Gasteiger partial charge in [-0.25, -0.2) is 9.37 Å². The third kappa shape index (κ3) is 3.85. The van der Waals surface area contributed by atoms with Crippen LogP contribution in [0.5, 0.6) is 0 Å². The van der Waals surface area contributed by atoms with Crippen LogP contribution < -0.4 is 10.6 Å². The molecule has 2 aromatic rings. The van der Waals surface area contributed by atoms with Gasteiger partial charge in [0.1, 0.15) is 11.5 Å². The van der Waals surface area contributed by atoms with Gasteiger partial charge in [0.25, 0.3) is 0 Å². The van der Waals surface area contributed by atoms with Gasteiger partial charge in [0.2, 0.25) is 14.3 Å². The lowest BCUT2D eigenvalue weighted by Crippen LogP contribution is -2.13. The minimum atomic E-state index is -1.47. The quantitative estimate of drug-likeness (QED) is 0.449. The molecule has 1 aromatic heterocycles. The molecule has 112 valence electrons. The van der Waals surface area contributed by atoms with Gasteiger partial charge in [-0.15, -0.1) is 0 Å². The molecule has 2 rings (SSSR count). The second-order valence-corrected chi connectivity index (χ2v) is 6.84. The van der Waals surface area contributed by atoms with Crippen molar-refractivity contribution in [3.05, 3.63) is 45.8 Å². The lowest BCUT2D eigenvalue weighted by atomic mass is 10.3. The SMILES string of the molecule is COP(OC)c1ccnc(F)c1Nc1ccc(I)cc1F. The number of anilines is 2. The molecular formula is C13H12F2IN2O2P. The summed E-state index contributed by atoms with van der Waals surface area (Å²) in [5.41, 5.74) is 0.207. The molecule has 0 aliphatic rings. The number of hydrogen-bond donors (Lipinski definition) is 1. The largest absolute Gasteiger partial charge is 0.349 e. The zero-order valence-corrected chi connectivity index (χ0v) is 14.3. The fourth-order valence-electron chi connectivity index (χ4n) is 1.69. The van der Waals surface area contributed by atoms with Gasteiger partial charge < -0.3 is 14.4 Å². The number of aromatic nitrogens is 1. The summed E-state index contributed by atoms with van der Waals surface area (Å²) in [6, 6.07) is 6.19. The van der Waals surface area contributed by atoms with E-state index in [0.29, 0.717) is 5.30 Å². The maximum Gasteiger partial charge on any atom is 0.237 e. The summed E-state index contributed by atoms with van der Waals surface area (Å²) in [6.07, 6.45) is 1.31. The van der Waals surface area contributed by atoms with Crippen molar-refractivity contribution in [2.45, 2.75) is 0 Å². The summed E-state index contributed by atoms with van der Waals surface area (Å²) in [6.45, 7) is 0. The molecule has 0 radical (unpaired) electrons. The van der Waals surface area contributed by atoms with E-state index in [1.54, 1.807) is 12.1 Å². The number of nitrogens with zero attached hydrogens (tertiary/aromatic N) is 1. The van der Waals surface area contributed by atoms with Crippen LogP contribution in [0.15, 0.2) is 30.5 Å². The highest BCUT2D eigenvalue weighted by Gasteiger charge is 2.20. The number of benzene rings is 1. The van der Waals surface area contributed by atoms with E-state index in [0.717, 1.165) is 3.57 Å². The molecule has 0 saturated heterocycles. The van der Waals surface area contributed by atoms with Crippen molar-refractivity contribution < 1.29 is 17.8 Å². The first-order valence-electron chi connectivity index (χ1n) is 5.81. The van der Waals surface area contributed by atoms with Crippen molar-refractivity contribution in [2.24, 2.45) is 0 Å². The van der Waals surface area contributed by atoms with Gasteiger partial charge in [0.15, 0.2) is 0 Å². The fraction of sp³-hybridized carbons (Fsp3) is 0.154. The van der Waals surface area contributed by atoms with E-state index in [4.69, 9.17) is 9.05 Å². The zero-order valence-electron chi connectivity index (χ0n) is 11.2. The summed E-state index contributed by atoms with van der Waals surface area (Å²) >= 11 is 2.00. The third-order valence-corrected chi connectivity index (χ3v) is 4.70. The first-order chi connectivity index (χ1) is 10.1. The van der Waals surface area contributed by atoms with Gasteiger partial charge in [-0.2, -0.15) is 4.39 Å². The predicted molar refractivity (Wildman–Crippen MR) is 87.2 cm³/mol. The molecular weight excluding hydrogens is 412 g/mol. The molecule has 1 aromatic carbocycles. The lowest BCUT2D eigenvalue weighted by Gasteiger charge is -2.17. The van der Waals surface area contributed by atoms with Crippen molar-refractivity contribution >= 4 is 47.6 Å². The van der Waals surface area contributed by atoms with Crippen LogP contribution in [0.3, 0.4) is 0 Å². The highest BCUT2D eigenvalue weighted by molar-refractivity contribution is 14.1. The zero-order chi connectivity index (χ0) is 15.4. The van der Waals surface area contributed by atoms with Crippen LogP contribution in [0, 0.1) is 15.3 Å². The van der Waals surface area contributed by atoms with Gasteiger partial charge in [-0.1, -0.05) is 0 Å². The minimum absolute atomic E-state index is 0.0485. The maximum absolute atomic E-state index is 14.0. The standard InChI is InChI=1S/C13H12F2IN2O2P/c1-19-21(20-2)11-5-6-17-13(15)12(11)18-10-4-3-8(16)7-9(10)14/h3-7,18H,1-2H3. The molecule has 8 heteroatoms. The Kier molecular flexibility index (Phi) is 5.80. The van der Waals surface area contributed by atoms with Gasteiger partial charge in [-0.3, -0.25) is 0 Å². The van der Waals surface area contributed by atoms with Gasteiger partial charge in [0, 0.05) is 24.0 Å². The third-order valence-electron chi connectivity index (χ3n) is 2.60. The highest BCUT2D eigenvalue weighted by atomic mass is 127. The van der Waals surface area contributed by atoms with E-state index in [1.165, 1.54) is 32.5 Å². The van der Waals surface area contributed by atoms with E-state index in [2.05, 4.69) is 10.3 Å². The Labute approximate surface area is 135 Å². The number of nitrogens with one attached hydrogen (secondary N) is 1. The van der Waals surface area contributed by atoms with Crippen LogP contribution in [0.4, 0.5) is 20.2 Å². The monoisotopic (exact) mass is 424 g/mol. The first-order valence-corrected chi connectivity index (χ1v) is 8.07. The van der Waals surface area contributed by atoms with Crippen molar-refractivity contribution in [1.82, 2.24) is 4.98 Å². The van der Waals surface area contributed by atoms with Crippen LogP contribution in [0.25, 0.3) is 0 Å². The summed E-state index contributed by atoms with van der Waals surface area (Å²) in [7, 11) is 1.46. The average Bonchev–Trinajstić information content (AvgIpc) is 2.46. The first kappa shape index (κ1) is 16.5. The predicted octanol–water partition coefficient (Wildman–Crippen LogP) is 3.94. The number of rotatable bonds is 5. The summed E-state index contributed by atoms with van der Waals surface area (Å²) < 4.78 is 39.0. The van der Waals surface area contributed by atoms with Crippen LogP contribution in [0.2, 0.25) is 0 Å². The van der Waals surface area contributed by atoms with Gasteiger partial charge in [-0.05, 0) is 46.9 Å². The summed E-state index contributed by atoms with van der Waals surface area (Å²) in [5.74, 6) is -1.22. The Hall–Kier alpha value is -0.890. The Bertz CT molecular complexity index is 642. The van der Waals surface area contributed by atoms with Crippen molar-refractivity contribution in [1.29, 1.82) is 0 Å². The summed E-state index contributed by atoms with van der Waals surface area (Å²) in [5, 5.41) is 3.18. The van der Waals surface area contributed by atoms with E-state index in [-0.39, 0.29) is 11.4 Å². The Morgan fingerprint density at radius 2 is 1.90 bits per heavy atom. The minimum Gasteiger partial charge on any atom is -0.349 e. The van der Waals surface area contributed by atoms with Crippen LogP contribution >= 0.6 is 31.0 Å². The molecule has 0 aliphatic carbocycles. The van der Waals surface area contributed by atoms with E-state index in [1.807, 2.05) is 22.6 Å². The number of halogens is 3. The van der Waals surface area contributed by atoms with Crippen LogP contribution in [-0.4, -0.2) is 19.2 Å². The molecule has 21 heavy (non-hydrogen) atoms. The summed E-state index contributed by atoms with van der Waals surface area (Å²) in [4.78, 5) is 3.58. The maximum atomic E-state index is 14.0. The van der Waals surface area contributed by atoms with Gasteiger partial charge in [0.05, 0.1) is 11.0 Å². The van der Waals surface area contributed by atoms with Crippen molar-refractivity contribution in [3.8, 4) is 0 Å². The normalized spacial score (nSPS) is 11.0. The lowest BCUT2D eigenvalue weighted by molar-refractivity contribution is 0.350. The molecule has 4 nitrogen and oxygen atoms in total. The van der Waals surface area contributed by atoms with E-state index < -0.39 is 20.1 Å². The smallest absolute Gasteiger partial charge is 0.237 e. The Balaban J connectivity index is 2.43. The molecule has 1 heterocycles. The second-order valence-electron chi connectivity index (χ2n) is 3.87. The molecule has 0 spiro atoms. The number of hydrogen-bond acceptors (Lipinski definition) is 4.